The third-order valence-electron chi connectivity index (χ3n) is 6.25. The fraction of sp³-hybridized carbons (Fsp3) is 0.455. The van der Waals surface area contributed by atoms with Gasteiger partial charge in [0.1, 0.15) is 17.2 Å². The van der Waals surface area contributed by atoms with Gasteiger partial charge in [-0.15, -0.1) is 0 Å². The molecule has 8 heteroatoms. The number of nitrogens with two attached hydrogens (primary N) is 1. The first-order valence-corrected chi connectivity index (χ1v) is 10.7. The van der Waals surface area contributed by atoms with Crippen molar-refractivity contribution in [3.63, 3.8) is 0 Å². The predicted octanol–water partition coefficient (Wildman–Crippen LogP) is 3.48. The Kier molecular flexibility index (Phi) is 4.66. The molecular weight excluding hydrogens is 376 g/mol. The maximum atomic E-state index is 6.17. The number of aromatic amines is 1. The Hall–Kier alpha value is -3.00. The van der Waals surface area contributed by atoms with E-state index < -0.39 is 0 Å². The Morgan fingerprint density at radius 2 is 1.97 bits per heavy atom. The van der Waals surface area contributed by atoms with E-state index in [1.54, 1.807) is 6.33 Å². The summed E-state index contributed by atoms with van der Waals surface area (Å²) in [6.45, 7) is 8.83. The summed E-state index contributed by atoms with van der Waals surface area (Å²) in [5.74, 6) is 1.96. The number of nitrogens with zero attached hydrogens (tertiary/aromatic N) is 6. The molecule has 1 fully saturated rings. The van der Waals surface area contributed by atoms with E-state index >= 15 is 0 Å². The molecule has 1 saturated heterocycles. The van der Waals surface area contributed by atoms with Crippen LogP contribution in [0.3, 0.4) is 0 Å². The zero-order chi connectivity index (χ0) is 20.8. The molecule has 0 spiro atoms. The van der Waals surface area contributed by atoms with E-state index in [0.29, 0.717) is 34.9 Å². The second-order valence-electron chi connectivity index (χ2n) is 8.50. The van der Waals surface area contributed by atoms with Crippen LogP contribution in [0.25, 0.3) is 22.2 Å². The highest BCUT2D eigenvalue weighted by Gasteiger charge is 2.29. The highest BCUT2D eigenvalue weighted by Crippen LogP contribution is 2.33. The van der Waals surface area contributed by atoms with Gasteiger partial charge in [0.15, 0.2) is 11.5 Å². The van der Waals surface area contributed by atoms with Gasteiger partial charge in [0.05, 0.1) is 23.3 Å². The van der Waals surface area contributed by atoms with Crippen molar-refractivity contribution in [1.82, 2.24) is 34.4 Å². The van der Waals surface area contributed by atoms with Crippen LogP contribution in [0.1, 0.15) is 57.2 Å². The Labute approximate surface area is 175 Å². The van der Waals surface area contributed by atoms with Gasteiger partial charge in [-0.1, -0.05) is 12.1 Å². The molecule has 1 aliphatic rings. The molecule has 0 amide bonds. The van der Waals surface area contributed by atoms with Gasteiger partial charge >= 0.3 is 0 Å². The number of fused-ring (bicyclic) bond motifs is 2. The minimum atomic E-state index is -0.102. The van der Waals surface area contributed by atoms with Crippen LogP contribution < -0.4 is 5.73 Å². The van der Waals surface area contributed by atoms with Gasteiger partial charge in [0, 0.05) is 18.6 Å². The Bertz CT molecular complexity index is 1190. The maximum Gasteiger partial charge on any atom is 0.183 e. The lowest BCUT2D eigenvalue weighted by Crippen LogP contribution is -2.41. The molecule has 5 rings (SSSR count). The van der Waals surface area contributed by atoms with Gasteiger partial charge < -0.3 is 15.3 Å². The number of piperidine rings is 1. The van der Waals surface area contributed by atoms with Crippen molar-refractivity contribution >= 4 is 28.0 Å². The second-order valence-corrected chi connectivity index (χ2v) is 8.50. The van der Waals surface area contributed by atoms with E-state index in [1.165, 1.54) is 11.9 Å². The fourth-order valence-corrected chi connectivity index (χ4v) is 4.60. The summed E-state index contributed by atoms with van der Waals surface area (Å²) >= 11 is 0. The lowest BCUT2D eigenvalue weighted by Gasteiger charge is -2.37. The number of hydrogen-bond donors (Lipinski definition) is 2. The van der Waals surface area contributed by atoms with Crippen molar-refractivity contribution in [2.24, 2.45) is 0 Å². The normalized spacial score (nSPS) is 19.1. The molecule has 2 atom stereocenters. The molecule has 3 aromatic heterocycles. The van der Waals surface area contributed by atoms with Gasteiger partial charge in [0.25, 0.3) is 0 Å². The van der Waals surface area contributed by atoms with E-state index in [-0.39, 0.29) is 5.92 Å². The van der Waals surface area contributed by atoms with Crippen molar-refractivity contribution in [3.8, 4) is 0 Å². The summed E-state index contributed by atoms with van der Waals surface area (Å²) in [7, 11) is 0. The van der Waals surface area contributed by atoms with Crippen molar-refractivity contribution in [2.45, 2.75) is 51.6 Å². The zero-order valence-corrected chi connectivity index (χ0v) is 17.7. The lowest BCUT2D eigenvalue weighted by atomic mass is 10.0. The summed E-state index contributed by atoms with van der Waals surface area (Å²) < 4.78 is 2.42. The monoisotopic (exact) mass is 404 g/mol. The van der Waals surface area contributed by atoms with Crippen LogP contribution in [0.5, 0.6) is 0 Å². The number of rotatable bonds is 4. The number of imidazole rings is 2. The molecule has 156 valence electrons. The van der Waals surface area contributed by atoms with E-state index in [1.807, 2.05) is 6.07 Å². The highest BCUT2D eigenvalue weighted by atomic mass is 15.2. The lowest BCUT2D eigenvalue weighted by molar-refractivity contribution is 0.143. The summed E-state index contributed by atoms with van der Waals surface area (Å²) in [4.78, 5) is 24.1. The number of likely N-dealkylation sites (tertiary alicyclic amines) is 1. The third-order valence-corrected chi connectivity index (χ3v) is 6.25. The number of para-hydroxylation sites is 2. The van der Waals surface area contributed by atoms with Gasteiger partial charge in [-0.3, -0.25) is 4.90 Å². The zero-order valence-electron chi connectivity index (χ0n) is 17.7. The fourth-order valence-electron chi connectivity index (χ4n) is 4.60. The topological polar surface area (TPSA) is 102 Å². The van der Waals surface area contributed by atoms with Crippen LogP contribution in [0.2, 0.25) is 0 Å². The van der Waals surface area contributed by atoms with E-state index in [9.17, 15) is 0 Å². The molecule has 4 heterocycles. The van der Waals surface area contributed by atoms with Crippen LogP contribution in [-0.4, -0.2) is 53.5 Å². The van der Waals surface area contributed by atoms with Gasteiger partial charge in [-0.05, 0) is 52.3 Å². The molecule has 30 heavy (non-hydrogen) atoms. The first-order valence-electron chi connectivity index (χ1n) is 10.7. The largest absolute Gasteiger partial charge is 0.382 e. The van der Waals surface area contributed by atoms with Crippen molar-refractivity contribution < 1.29 is 0 Å². The molecule has 0 bridgehead atoms. The number of benzene rings is 1. The quantitative estimate of drug-likeness (QED) is 0.540. The van der Waals surface area contributed by atoms with E-state index in [4.69, 9.17) is 10.7 Å². The van der Waals surface area contributed by atoms with Gasteiger partial charge in [-0.25, -0.2) is 19.9 Å². The molecule has 8 nitrogen and oxygen atoms in total. The van der Waals surface area contributed by atoms with Crippen LogP contribution in [0, 0.1) is 0 Å². The maximum absolute atomic E-state index is 6.17. The number of H-pyrrole nitrogens is 1. The van der Waals surface area contributed by atoms with Gasteiger partial charge in [0.2, 0.25) is 0 Å². The molecule has 0 aliphatic carbocycles. The Balaban J connectivity index is 1.62. The van der Waals surface area contributed by atoms with Crippen molar-refractivity contribution in [3.05, 3.63) is 42.2 Å². The Morgan fingerprint density at radius 1 is 1.13 bits per heavy atom. The molecule has 0 unspecified atom stereocenters. The molecule has 4 aromatic rings. The standard InChI is InChI=1S/C22H28N8/c1-13(2)29-10-6-7-15(11-29)30-17-9-5-4-8-16(17)26-22(30)14(3)20-27-19(23)18-21(28-20)25-12-24-18/h4-5,8-9,12-15H,6-7,10-11H2,1-3H3,(H3,23,24,25,27,28)/t14-,15-/m1/s1. The average molecular weight is 405 g/mol. The smallest absolute Gasteiger partial charge is 0.183 e. The molecule has 0 saturated carbocycles. The summed E-state index contributed by atoms with van der Waals surface area (Å²) in [5.41, 5.74) is 9.62. The summed E-state index contributed by atoms with van der Waals surface area (Å²) in [6, 6.07) is 9.28. The molecule has 3 N–H and O–H groups in total. The van der Waals surface area contributed by atoms with Crippen LogP contribution >= 0.6 is 0 Å². The number of aromatic nitrogens is 6. The number of hydrogen-bond acceptors (Lipinski definition) is 6. The number of nitrogen functional groups attached to an aromatic ring is 1. The average Bonchev–Trinajstić information content (AvgIpc) is 3.38. The van der Waals surface area contributed by atoms with Crippen molar-refractivity contribution in [2.75, 3.05) is 18.8 Å². The van der Waals surface area contributed by atoms with Crippen LogP contribution in [-0.2, 0) is 0 Å². The molecule has 1 aliphatic heterocycles. The molecule has 1 aromatic carbocycles. The van der Waals surface area contributed by atoms with Crippen LogP contribution in [0.15, 0.2) is 30.6 Å². The second kappa shape index (κ2) is 7.36. The first kappa shape index (κ1) is 19.0. The molecule has 0 radical (unpaired) electrons. The Morgan fingerprint density at radius 3 is 2.80 bits per heavy atom. The minimum absolute atomic E-state index is 0.102. The van der Waals surface area contributed by atoms with Gasteiger partial charge in [-0.2, -0.15) is 0 Å². The number of nitrogens with one attached hydrogen (secondary N) is 1. The highest BCUT2D eigenvalue weighted by molar-refractivity contribution is 5.81. The van der Waals surface area contributed by atoms with E-state index in [2.05, 4.69) is 68.4 Å². The van der Waals surface area contributed by atoms with Crippen molar-refractivity contribution in [1.29, 1.82) is 0 Å². The van der Waals surface area contributed by atoms with Crippen LogP contribution in [0.4, 0.5) is 5.82 Å². The third kappa shape index (κ3) is 3.11. The minimum Gasteiger partial charge on any atom is -0.382 e. The predicted molar refractivity (Wildman–Crippen MR) is 118 cm³/mol. The SMILES string of the molecule is CC(C)N1CCC[C@@H](n2c([C@H](C)c3nc(N)c4[nH]cnc4n3)nc3ccccc32)C1. The number of anilines is 1. The summed E-state index contributed by atoms with van der Waals surface area (Å²) in [5, 5.41) is 0. The van der Waals surface area contributed by atoms with E-state index in [0.717, 1.165) is 30.9 Å². The summed E-state index contributed by atoms with van der Waals surface area (Å²) in [6.07, 6.45) is 3.93. The molecular formula is C22H28N8. The first-order chi connectivity index (χ1) is 14.5.